The summed E-state index contributed by atoms with van der Waals surface area (Å²) in [4.78, 5) is 19.7. The van der Waals surface area contributed by atoms with Gasteiger partial charge in [-0.05, 0) is 99.1 Å². The van der Waals surface area contributed by atoms with Crippen molar-refractivity contribution in [3.63, 3.8) is 0 Å². The summed E-state index contributed by atoms with van der Waals surface area (Å²) >= 11 is 12.3. The van der Waals surface area contributed by atoms with Crippen LogP contribution in [0.1, 0.15) is 52.3 Å². The van der Waals surface area contributed by atoms with E-state index in [1.54, 1.807) is 6.20 Å². The van der Waals surface area contributed by atoms with Crippen LogP contribution in [0.5, 0.6) is 0 Å². The van der Waals surface area contributed by atoms with E-state index in [0.717, 1.165) is 50.2 Å². The Balaban J connectivity index is 1.49. The Morgan fingerprint density at radius 2 is 1.85 bits per heavy atom. The molecule has 4 aromatic rings. The van der Waals surface area contributed by atoms with Crippen molar-refractivity contribution in [2.24, 2.45) is 0 Å². The van der Waals surface area contributed by atoms with Gasteiger partial charge in [-0.3, -0.25) is 9.78 Å². The fourth-order valence-corrected chi connectivity index (χ4v) is 5.95. The van der Waals surface area contributed by atoms with Gasteiger partial charge in [-0.15, -0.1) is 0 Å². The molecule has 0 bridgehead atoms. The van der Waals surface area contributed by atoms with Crippen LogP contribution in [-0.4, -0.2) is 32.0 Å². The normalized spacial score (nSPS) is 16.8. The molecule has 2 aromatic heterocycles. The first-order chi connectivity index (χ1) is 18.7. The smallest absolute Gasteiger partial charge is 0.226 e. The highest BCUT2D eigenvalue weighted by molar-refractivity contribution is 7.80. The number of hydrogen-bond acceptors (Lipinski definition) is 3. The zero-order chi connectivity index (χ0) is 27.7. The van der Waals surface area contributed by atoms with Crippen LogP contribution in [0.15, 0.2) is 72.9 Å². The summed E-state index contributed by atoms with van der Waals surface area (Å²) in [6, 6.07) is 21.6. The monoisotopic (exact) mass is 557 g/mol. The van der Waals surface area contributed by atoms with Crippen molar-refractivity contribution in [1.29, 1.82) is 0 Å². The van der Waals surface area contributed by atoms with Gasteiger partial charge in [0.2, 0.25) is 5.91 Å². The molecule has 6 nitrogen and oxygen atoms in total. The topological polar surface area (TPSA) is 62.2 Å². The summed E-state index contributed by atoms with van der Waals surface area (Å²) in [6.45, 7) is 8.75. The van der Waals surface area contributed by atoms with Gasteiger partial charge in [0.05, 0.1) is 17.8 Å². The lowest BCUT2D eigenvalue weighted by molar-refractivity contribution is -0.116. The summed E-state index contributed by atoms with van der Waals surface area (Å²) < 4.78 is 2.25. The Bertz CT molecular complexity index is 1530. The number of amides is 1. The molecule has 2 aromatic carbocycles. The number of nitrogens with one attached hydrogen (secondary N) is 2. The number of benzene rings is 2. The molecule has 8 heteroatoms. The molecule has 2 N–H and O–H groups in total. The zero-order valence-electron chi connectivity index (χ0n) is 22.5. The van der Waals surface area contributed by atoms with Gasteiger partial charge < -0.3 is 20.1 Å². The number of carbonyl (C=O) groups excluding carboxylic acids is 1. The van der Waals surface area contributed by atoms with Crippen LogP contribution >= 0.6 is 23.8 Å². The van der Waals surface area contributed by atoms with Gasteiger partial charge in [0.25, 0.3) is 0 Å². The number of pyridine rings is 1. The van der Waals surface area contributed by atoms with E-state index in [2.05, 4.69) is 51.1 Å². The molecule has 0 aliphatic carbocycles. The molecule has 1 aliphatic heterocycles. The Kier molecular flexibility index (Phi) is 7.73. The molecular formula is C31H32ClN5OS. The van der Waals surface area contributed by atoms with E-state index in [-0.39, 0.29) is 18.0 Å². The highest BCUT2D eigenvalue weighted by atomic mass is 35.5. The Hall–Kier alpha value is -3.68. The van der Waals surface area contributed by atoms with Gasteiger partial charge in [-0.25, -0.2) is 0 Å². The number of hydrogen-bond donors (Lipinski definition) is 2. The minimum absolute atomic E-state index is 0.0524. The van der Waals surface area contributed by atoms with Gasteiger partial charge in [-0.1, -0.05) is 35.9 Å². The van der Waals surface area contributed by atoms with Crippen molar-refractivity contribution in [1.82, 2.24) is 19.8 Å². The number of halogens is 1. The summed E-state index contributed by atoms with van der Waals surface area (Å²) in [5, 5.41) is 7.86. The molecular weight excluding hydrogens is 526 g/mol. The van der Waals surface area contributed by atoms with Gasteiger partial charge in [0, 0.05) is 46.9 Å². The third-order valence-corrected chi connectivity index (χ3v) is 8.11. The number of carbonyl (C=O) groups is 1. The predicted octanol–water partition coefficient (Wildman–Crippen LogP) is 6.76. The molecule has 3 heterocycles. The number of aromatic nitrogens is 2. The second kappa shape index (κ2) is 11.2. The third-order valence-electron chi connectivity index (χ3n) is 7.35. The van der Waals surface area contributed by atoms with E-state index >= 15 is 0 Å². The minimum Gasteiger partial charge on any atom is -0.352 e. The van der Waals surface area contributed by atoms with Crippen molar-refractivity contribution < 1.29 is 4.79 Å². The summed E-state index contributed by atoms with van der Waals surface area (Å²) in [6.07, 6.45) is 2.10. The first-order valence-electron chi connectivity index (χ1n) is 13.0. The van der Waals surface area contributed by atoms with E-state index < -0.39 is 0 Å². The van der Waals surface area contributed by atoms with Crippen LogP contribution in [0.25, 0.3) is 5.69 Å². The molecule has 5 rings (SSSR count). The van der Waals surface area contributed by atoms with E-state index in [1.807, 2.05) is 68.4 Å². The lowest BCUT2D eigenvalue weighted by Crippen LogP contribution is -2.32. The summed E-state index contributed by atoms with van der Waals surface area (Å²) in [5.41, 5.74) is 8.21. The Morgan fingerprint density at radius 3 is 2.59 bits per heavy atom. The van der Waals surface area contributed by atoms with Gasteiger partial charge in [0.15, 0.2) is 5.11 Å². The summed E-state index contributed by atoms with van der Waals surface area (Å²) in [5.74, 6) is -0.0524. The highest BCUT2D eigenvalue weighted by Gasteiger charge is 2.41. The molecule has 39 heavy (non-hydrogen) atoms. The van der Waals surface area contributed by atoms with Crippen molar-refractivity contribution in [3.8, 4) is 5.69 Å². The number of aryl methyl sites for hydroxylation is 2. The molecule has 0 saturated carbocycles. The maximum Gasteiger partial charge on any atom is 0.226 e. The fraction of sp³-hybridized carbons (Fsp3) is 0.258. The highest BCUT2D eigenvalue weighted by Crippen LogP contribution is 2.42. The quantitative estimate of drug-likeness (QED) is 0.246. The second-order valence-corrected chi connectivity index (χ2v) is 10.8. The zero-order valence-corrected chi connectivity index (χ0v) is 24.1. The van der Waals surface area contributed by atoms with Crippen molar-refractivity contribution >= 4 is 40.5 Å². The molecule has 0 unspecified atom stereocenters. The molecule has 1 fully saturated rings. The van der Waals surface area contributed by atoms with E-state index in [9.17, 15) is 4.79 Å². The van der Waals surface area contributed by atoms with Crippen LogP contribution < -0.4 is 10.6 Å². The average Bonchev–Trinajstić information content (AvgIpc) is 3.39. The molecule has 1 amide bonds. The average molecular weight is 558 g/mol. The van der Waals surface area contributed by atoms with Gasteiger partial charge in [0.1, 0.15) is 0 Å². The van der Waals surface area contributed by atoms with Crippen molar-refractivity contribution in [2.45, 2.75) is 46.2 Å². The first kappa shape index (κ1) is 26.9. The summed E-state index contributed by atoms with van der Waals surface area (Å²) in [7, 11) is 0. The Labute approximate surface area is 240 Å². The molecule has 2 atom stereocenters. The lowest BCUT2D eigenvalue weighted by Gasteiger charge is -2.28. The largest absolute Gasteiger partial charge is 0.352 e. The molecule has 1 aliphatic rings. The van der Waals surface area contributed by atoms with Crippen LogP contribution in [0, 0.1) is 27.7 Å². The van der Waals surface area contributed by atoms with Crippen LogP contribution in [0.2, 0.25) is 5.02 Å². The molecule has 200 valence electrons. The Morgan fingerprint density at radius 1 is 1.05 bits per heavy atom. The maximum absolute atomic E-state index is 12.9. The second-order valence-electron chi connectivity index (χ2n) is 10.0. The van der Waals surface area contributed by atoms with Crippen LogP contribution in [0.3, 0.4) is 0 Å². The SMILES string of the molecule is Cc1cccc(NC(=O)CCN2C(=S)N[C@@H](c3ccccn3)[C@@H]2c2cc(C)n(-c3cccc(Cl)c3C)c2C)c1. The first-order valence-corrected chi connectivity index (χ1v) is 13.8. The fourth-order valence-electron chi connectivity index (χ4n) is 5.45. The van der Waals surface area contributed by atoms with Crippen molar-refractivity contribution in [3.05, 3.63) is 112 Å². The standard InChI is InChI=1S/C31H32ClN5OS/c1-19-9-7-10-23(17-19)34-28(38)14-16-36-30(29(35-31(36)39)26-12-5-6-15-33-26)24-18-20(2)37(22(24)4)27-13-8-11-25(32)21(27)3/h5-13,15,17-18,29-30H,14,16H2,1-4H3,(H,34,38)(H,35,39)/t29-,30-/m0/s1. The molecule has 0 radical (unpaired) electrons. The maximum atomic E-state index is 12.9. The van der Waals surface area contributed by atoms with Gasteiger partial charge >= 0.3 is 0 Å². The van der Waals surface area contributed by atoms with E-state index in [4.69, 9.17) is 23.8 Å². The van der Waals surface area contributed by atoms with E-state index in [1.165, 1.54) is 0 Å². The molecule has 1 saturated heterocycles. The number of anilines is 1. The van der Waals surface area contributed by atoms with Gasteiger partial charge in [-0.2, -0.15) is 0 Å². The number of nitrogens with zero attached hydrogens (tertiary/aromatic N) is 3. The predicted molar refractivity (Wildman–Crippen MR) is 162 cm³/mol. The number of rotatable bonds is 7. The van der Waals surface area contributed by atoms with Crippen LogP contribution in [0.4, 0.5) is 5.69 Å². The van der Waals surface area contributed by atoms with E-state index in [0.29, 0.717) is 18.1 Å². The minimum atomic E-state index is -0.159. The van der Waals surface area contributed by atoms with Crippen LogP contribution in [-0.2, 0) is 4.79 Å². The third kappa shape index (κ3) is 5.42. The molecule has 0 spiro atoms. The number of thiocarbonyl (C=S) groups is 1. The lowest BCUT2D eigenvalue weighted by atomic mass is 9.96. The van der Waals surface area contributed by atoms with Crippen molar-refractivity contribution in [2.75, 3.05) is 11.9 Å².